The number of rotatable bonds is 3. The van der Waals surface area contributed by atoms with Crippen LogP contribution in [0.5, 0.6) is 0 Å². The lowest BCUT2D eigenvalue weighted by Crippen LogP contribution is -2.22. The van der Waals surface area contributed by atoms with Gasteiger partial charge in [-0.2, -0.15) is 0 Å². The topological polar surface area (TPSA) is 29.1 Å². The molecule has 0 fully saturated rings. The summed E-state index contributed by atoms with van der Waals surface area (Å²) in [6.07, 6.45) is 4.62. The lowest BCUT2D eigenvalue weighted by molar-refractivity contribution is -0.115. The Kier molecular flexibility index (Phi) is 3.32. The van der Waals surface area contributed by atoms with Gasteiger partial charge in [-0.15, -0.1) is 0 Å². The summed E-state index contributed by atoms with van der Waals surface area (Å²) in [4.78, 5) is 11.1. The zero-order valence-electron chi connectivity index (χ0n) is 7.89. The van der Waals surface area contributed by atoms with Crippen LogP contribution in [0.4, 0.5) is 0 Å². The van der Waals surface area contributed by atoms with Gasteiger partial charge < -0.3 is 5.32 Å². The largest absolute Gasteiger partial charge is 0.388 e. The summed E-state index contributed by atoms with van der Waals surface area (Å²) in [7, 11) is 0. The number of ketones is 1. The molecule has 2 nitrogen and oxygen atoms in total. The van der Waals surface area contributed by atoms with Crippen molar-refractivity contribution in [2.45, 2.75) is 33.1 Å². The molecule has 0 saturated carbocycles. The molecule has 1 aliphatic rings. The molecule has 1 aliphatic carbocycles. The van der Waals surface area contributed by atoms with Crippen molar-refractivity contribution in [3.8, 4) is 0 Å². The number of hydrogen-bond acceptors (Lipinski definition) is 2. The molecular formula is C10H17NO. The van der Waals surface area contributed by atoms with Gasteiger partial charge in [0.15, 0.2) is 5.78 Å². The van der Waals surface area contributed by atoms with E-state index in [1.165, 1.54) is 0 Å². The lowest BCUT2D eigenvalue weighted by atomic mass is 9.93. The predicted molar refractivity (Wildman–Crippen MR) is 49.8 cm³/mol. The van der Waals surface area contributed by atoms with Crippen LogP contribution in [-0.2, 0) is 4.79 Å². The monoisotopic (exact) mass is 167 g/mol. The fourth-order valence-corrected chi connectivity index (χ4v) is 1.51. The van der Waals surface area contributed by atoms with Gasteiger partial charge in [-0.3, -0.25) is 4.79 Å². The molecule has 0 bridgehead atoms. The minimum Gasteiger partial charge on any atom is -0.388 e. The summed E-state index contributed by atoms with van der Waals surface area (Å²) in [6.45, 7) is 5.23. The lowest BCUT2D eigenvalue weighted by Gasteiger charge is -2.19. The van der Waals surface area contributed by atoms with Crippen LogP contribution in [0.15, 0.2) is 11.8 Å². The van der Waals surface area contributed by atoms with E-state index in [2.05, 4.69) is 19.2 Å². The first-order valence-corrected chi connectivity index (χ1v) is 4.69. The molecule has 1 N–H and O–H groups in total. The average molecular weight is 167 g/mol. The maximum absolute atomic E-state index is 11.1. The molecule has 0 heterocycles. The van der Waals surface area contributed by atoms with Gasteiger partial charge in [0.2, 0.25) is 0 Å². The highest BCUT2D eigenvalue weighted by atomic mass is 16.1. The maximum atomic E-state index is 11.1. The Balaban J connectivity index is 2.46. The standard InChI is InChI=1S/C10H17NO/c1-3-4-11-9-5-8(2)6-10(12)7-9/h7-8,11H,3-6H2,1-2H3/t8-/m1/s1. The molecule has 0 aliphatic heterocycles. The SMILES string of the molecule is CCCNC1=CC(=O)C[C@H](C)C1. The quantitative estimate of drug-likeness (QED) is 0.695. The van der Waals surface area contributed by atoms with E-state index in [4.69, 9.17) is 0 Å². The Morgan fingerprint density at radius 2 is 2.33 bits per heavy atom. The summed E-state index contributed by atoms with van der Waals surface area (Å²) >= 11 is 0. The molecule has 68 valence electrons. The van der Waals surface area contributed by atoms with Gasteiger partial charge in [-0.25, -0.2) is 0 Å². The summed E-state index contributed by atoms with van der Waals surface area (Å²) in [5, 5.41) is 3.27. The Hall–Kier alpha value is -0.790. The Morgan fingerprint density at radius 1 is 1.58 bits per heavy atom. The molecule has 12 heavy (non-hydrogen) atoms. The van der Waals surface area contributed by atoms with Gasteiger partial charge in [0, 0.05) is 24.7 Å². The van der Waals surface area contributed by atoms with E-state index in [-0.39, 0.29) is 5.78 Å². The van der Waals surface area contributed by atoms with Gasteiger partial charge in [-0.1, -0.05) is 13.8 Å². The van der Waals surface area contributed by atoms with Crippen molar-refractivity contribution in [2.75, 3.05) is 6.54 Å². The normalized spacial score (nSPS) is 23.7. The summed E-state index contributed by atoms with van der Waals surface area (Å²) in [6, 6.07) is 0. The van der Waals surface area contributed by atoms with Crippen LogP contribution in [0.3, 0.4) is 0 Å². The van der Waals surface area contributed by atoms with Gasteiger partial charge in [0.25, 0.3) is 0 Å². The van der Waals surface area contributed by atoms with Crippen LogP contribution in [0.25, 0.3) is 0 Å². The molecule has 0 saturated heterocycles. The number of allylic oxidation sites excluding steroid dienone is 2. The van der Waals surface area contributed by atoms with E-state index in [1.807, 2.05) is 0 Å². The molecule has 0 unspecified atom stereocenters. The van der Waals surface area contributed by atoms with Crippen LogP contribution in [0.1, 0.15) is 33.1 Å². The van der Waals surface area contributed by atoms with E-state index >= 15 is 0 Å². The van der Waals surface area contributed by atoms with Crippen LogP contribution in [0.2, 0.25) is 0 Å². The van der Waals surface area contributed by atoms with Crippen LogP contribution >= 0.6 is 0 Å². The summed E-state index contributed by atoms with van der Waals surface area (Å²) in [5.41, 5.74) is 1.13. The molecule has 1 atom stereocenters. The van der Waals surface area contributed by atoms with Crippen molar-refractivity contribution in [3.05, 3.63) is 11.8 Å². The second-order valence-electron chi connectivity index (χ2n) is 3.58. The van der Waals surface area contributed by atoms with E-state index < -0.39 is 0 Å². The third kappa shape index (κ3) is 2.68. The highest BCUT2D eigenvalue weighted by molar-refractivity contribution is 5.91. The van der Waals surface area contributed by atoms with Gasteiger partial charge >= 0.3 is 0 Å². The molecule has 0 radical (unpaired) electrons. The first kappa shape index (κ1) is 9.30. The fraction of sp³-hybridized carbons (Fsp3) is 0.700. The highest BCUT2D eigenvalue weighted by Crippen LogP contribution is 2.19. The second kappa shape index (κ2) is 4.29. The van der Waals surface area contributed by atoms with Gasteiger partial charge in [0.05, 0.1) is 0 Å². The summed E-state index contributed by atoms with van der Waals surface area (Å²) in [5.74, 6) is 0.786. The molecule has 0 amide bonds. The van der Waals surface area contributed by atoms with Crippen molar-refractivity contribution in [3.63, 3.8) is 0 Å². The molecule has 1 rings (SSSR count). The second-order valence-corrected chi connectivity index (χ2v) is 3.58. The third-order valence-electron chi connectivity index (χ3n) is 2.06. The minimum atomic E-state index is 0.271. The maximum Gasteiger partial charge on any atom is 0.157 e. The number of carbonyl (C=O) groups is 1. The molecule has 0 aromatic carbocycles. The van der Waals surface area contributed by atoms with Crippen molar-refractivity contribution in [1.29, 1.82) is 0 Å². The van der Waals surface area contributed by atoms with Crippen molar-refractivity contribution in [1.82, 2.24) is 5.32 Å². The number of carbonyl (C=O) groups excluding carboxylic acids is 1. The Labute approximate surface area is 74.0 Å². The van der Waals surface area contributed by atoms with Gasteiger partial charge in [-0.05, 0) is 18.8 Å². The number of hydrogen-bond donors (Lipinski definition) is 1. The fourth-order valence-electron chi connectivity index (χ4n) is 1.51. The molecule has 0 aromatic heterocycles. The smallest absolute Gasteiger partial charge is 0.157 e. The zero-order chi connectivity index (χ0) is 8.97. The molecule has 0 aromatic rings. The first-order chi connectivity index (χ1) is 5.72. The highest BCUT2D eigenvalue weighted by Gasteiger charge is 2.15. The van der Waals surface area contributed by atoms with Crippen LogP contribution in [0, 0.1) is 5.92 Å². The Morgan fingerprint density at radius 3 is 2.92 bits per heavy atom. The average Bonchev–Trinajstić information content (AvgIpc) is 1.99. The van der Waals surface area contributed by atoms with Crippen molar-refractivity contribution in [2.24, 2.45) is 5.92 Å². The Bertz CT molecular complexity index is 196. The van der Waals surface area contributed by atoms with Crippen LogP contribution in [-0.4, -0.2) is 12.3 Å². The molecular weight excluding hydrogens is 150 g/mol. The van der Waals surface area contributed by atoms with E-state index in [0.717, 1.165) is 31.5 Å². The summed E-state index contributed by atoms with van der Waals surface area (Å²) < 4.78 is 0. The van der Waals surface area contributed by atoms with E-state index in [9.17, 15) is 4.79 Å². The van der Waals surface area contributed by atoms with E-state index in [0.29, 0.717) is 5.92 Å². The van der Waals surface area contributed by atoms with Crippen molar-refractivity contribution >= 4 is 5.78 Å². The zero-order valence-corrected chi connectivity index (χ0v) is 7.89. The third-order valence-corrected chi connectivity index (χ3v) is 2.06. The van der Waals surface area contributed by atoms with Gasteiger partial charge in [0.1, 0.15) is 0 Å². The van der Waals surface area contributed by atoms with E-state index in [1.54, 1.807) is 6.08 Å². The minimum absolute atomic E-state index is 0.271. The predicted octanol–water partition coefficient (Wildman–Crippen LogP) is 1.87. The van der Waals surface area contributed by atoms with Crippen LogP contribution < -0.4 is 5.32 Å². The van der Waals surface area contributed by atoms with Crippen molar-refractivity contribution < 1.29 is 4.79 Å². The number of nitrogens with one attached hydrogen (secondary N) is 1. The molecule has 0 spiro atoms. The first-order valence-electron chi connectivity index (χ1n) is 4.69. The molecule has 2 heteroatoms.